The lowest BCUT2D eigenvalue weighted by Crippen LogP contribution is -2.42. The van der Waals surface area contributed by atoms with Crippen molar-refractivity contribution in [3.05, 3.63) is 36.5 Å². The SMILES string of the molecule is C=C1CN(C)CCN1c1cccc(NC)c1. The largest absolute Gasteiger partial charge is 0.388 e. The van der Waals surface area contributed by atoms with Crippen molar-refractivity contribution in [3.8, 4) is 0 Å². The molecule has 0 spiro atoms. The van der Waals surface area contributed by atoms with Crippen LogP contribution in [0.5, 0.6) is 0 Å². The number of benzene rings is 1. The third-order valence-electron chi connectivity index (χ3n) is 2.99. The van der Waals surface area contributed by atoms with Gasteiger partial charge in [0.1, 0.15) is 0 Å². The van der Waals surface area contributed by atoms with Crippen LogP contribution in [0.3, 0.4) is 0 Å². The highest BCUT2D eigenvalue weighted by Gasteiger charge is 2.17. The summed E-state index contributed by atoms with van der Waals surface area (Å²) in [5.74, 6) is 0. The molecule has 1 saturated heterocycles. The van der Waals surface area contributed by atoms with Gasteiger partial charge in [0.25, 0.3) is 0 Å². The zero-order chi connectivity index (χ0) is 11.5. The molecule has 0 atom stereocenters. The van der Waals surface area contributed by atoms with Crippen molar-refractivity contribution in [1.82, 2.24) is 4.90 Å². The fraction of sp³-hybridized carbons (Fsp3) is 0.385. The molecule has 1 fully saturated rings. The van der Waals surface area contributed by atoms with Gasteiger partial charge in [0.05, 0.1) is 0 Å². The van der Waals surface area contributed by atoms with Crippen LogP contribution in [0.2, 0.25) is 0 Å². The Morgan fingerprint density at radius 2 is 2.12 bits per heavy atom. The molecule has 1 heterocycles. The summed E-state index contributed by atoms with van der Waals surface area (Å²) in [6.45, 7) is 7.19. The highest BCUT2D eigenvalue weighted by atomic mass is 15.3. The molecule has 3 heteroatoms. The summed E-state index contributed by atoms with van der Waals surface area (Å²) in [5.41, 5.74) is 3.54. The van der Waals surface area contributed by atoms with E-state index in [-0.39, 0.29) is 0 Å². The van der Waals surface area contributed by atoms with Crippen molar-refractivity contribution in [2.45, 2.75) is 0 Å². The molecule has 0 unspecified atom stereocenters. The van der Waals surface area contributed by atoms with Gasteiger partial charge < -0.3 is 10.2 Å². The fourth-order valence-electron chi connectivity index (χ4n) is 2.05. The van der Waals surface area contributed by atoms with Crippen LogP contribution in [-0.4, -0.2) is 38.6 Å². The van der Waals surface area contributed by atoms with Crippen LogP contribution in [0.4, 0.5) is 11.4 Å². The van der Waals surface area contributed by atoms with Crippen LogP contribution >= 0.6 is 0 Å². The third-order valence-corrected chi connectivity index (χ3v) is 2.99. The third kappa shape index (κ3) is 2.19. The summed E-state index contributed by atoms with van der Waals surface area (Å²) in [5, 5.41) is 3.16. The average molecular weight is 217 g/mol. The summed E-state index contributed by atoms with van der Waals surface area (Å²) >= 11 is 0. The minimum absolute atomic E-state index is 0.948. The van der Waals surface area contributed by atoms with Crippen molar-refractivity contribution >= 4 is 11.4 Å². The van der Waals surface area contributed by atoms with Crippen LogP contribution in [-0.2, 0) is 0 Å². The van der Waals surface area contributed by atoms with E-state index in [2.05, 4.69) is 53.0 Å². The van der Waals surface area contributed by atoms with E-state index in [1.807, 2.05) is 7.05 Å². The Morgan fingerprint density at radius 1 is 1.31 bits per heavy atom. The second-order valence-electron chi connectivity index (χ2n) is 4.26. The summed E-state index contributed by atoms with van der Waals surface area (Å²) in [7, 11) is 4.07. The van der Waals surface area contributed by atoms with Gasteiger partial charge in [-0.1, -0.05) is 12.6 Å². The van der Waals surface area contributed by atoms with Crippen LogP contribution in [0.15, 0.2) is 36.5 Å². The van der Waals surface area contributed by atoms with Gasteiger partial charge in [0.2, 0.25) is 0 Å². The monoisotopic (exact) mass is 217 g/mol. The predicted molar refractivity (Wildman–Crippen MR) is 70.0 cm³/mol. The van der Waals surface area contributed by atoms with Crippen molar-refractivity contribution in [2.24, 2.45) is 0 Å². The number of likely N-dealkylation sites (N-methyl/N-ethyl adjacent to an activating group) is 1. The minimum atomic E-state index is 0.948. The van der Waals surface area contributed by atoms with Gasteiger partial charge in [-0.25, -0.2) is 0 Å². The lowest BCUT2D eigenvalue weighted by Gasteiger charge is -2.36. The Balaban J connectivity index is 2.20. The Morgan fingerprint density at radius 3 is 2.81 bits per heavy atom. The molecule has 16 heavy (non-hydrogen) atoms. The second-order valence-corrected chi connectivity index (χ2v) is 4.26. The van der Waals surface area contributed by atoms with Crippen LogP contribution < -0.4 is 10.2 Å². The standard InChI is InChI=1S/C13H19N3/c1-11-10-15(3)7-8-16(11)13-6-4-5-12(9-13)14-2/h4-6,9,14H,1,7-8,10H2,2-3H3. The quantitative estimate of drug-likeness (QED) is 0.817. The second kappa shape index (κ2) is 4.58. The first-order chi connectivity index (χ1) is 7.70. The maximum absolute atomic E-state index is 4.14. The number of hydrogen-bond donors (Lipinski definition) is 1. The van der Waals surface area contributed by atoms with E-state index < -0.39 is 0 Å². The zero-order valence-electron chi connectivity index (χ0n) is 10.0. The number of nitrogens with zero attached hydrogens (tertiary/aromatic N) is 2. The number of piperazine rings is 1. The van der Waals surface area contributed by atoms with E-state index in [9.17, 15) is 0 Å². The van der Waals surface area contributed by atoms with Crippen molar-refractivity contribution < 1.29 is 0 Å². The molecule has 1 aromatic rings. The maximum atomic E-state index is 4.14. The molecule has 0 saturated carbocycles. The lowest BCUT2D eigenvalue weighted by atomic mass is 10.2. The van der Waals surface area contributed by atoms with Crippen LogP contribution in [0.25, 0.3) is 0 Å². The fourth-order valence-corrected chi connectivity index (χ4v) is 2.05. The van der Waals surface area contributed by atoms with Crippen molar-refractivity contribution in [3.63, 3.8) is 0 Å². The summed E-state index contributed by atoms with van der Waals surface area (Å²) < 4.78 is 0. The molecule has 1 aliphatic heterocycles. The number of anilines is 2. The Hall–Kier alpha value is -1.48. The first-order valence-corrected chi connectivity index (χ1v) is 5.62. The van der Waals surface area contributed by atoms with E-state index in [0.29, 0.717) is 0 Å². The molecule has 0 bridgehead atoms. The summed E-state index contributed by atoms with van der Waals surface area (Å²) in [4.78, 5) is 4.58. The van der Waals surface area contributed by atoms with E-state index in [1.165, 1.54) is 11.4 Å². The van der Waals surface area contributed by atoms with E-state index in [1.54, 1.807) is 0 Å². The van der Waals surface area contributed by atoms with Gasteiger partial charge in [-0.3, -0.25) is 4.90 Å². The summed E-state index contributed by atoms with van der Waals surface area (Å²) in [6, 6.07) is 8.45. The molecule has 0 radical (unpaired) electrons. The first-order valence-electron chi connectivity index (χ1n) is 5.62. The molecule has 0 aliphatic carbocycles. The highest BCUT2D eigenvalue weighted by molar-refractivity contribution is 5.60. The van der Waals surface area contributed by atoms with Crippen molar-refractivity contribution in [2.75, 3.05) is 43.9 Å². The molecule has 1 N–H and O–H groups in total. The minimum Gasteiger partial charge on any atom is -0.388 e. The predicted octanol–water partition coefficient (Wildman–Crippen LogP) is 1.99. The number of hydrogen-bond acceptors (Lipinski definition) is 3. The van der Waals surface area contributed by atoms with Crippen molar-refractivity contribution in [1.29, 1.82) is 0 Å². The molecular weight excluding hydrogens is 198 g/mol. The zero-order valence-corrected chi connectivity index (χ0v) is 10.0. The van der Waals surface area contributed by atoms with Gasteiger partial charge in [0.15, 0.2) is 0 Å². The van der Waals surface area contributed by atoms with Gasteiger partial charge in [-0.15, -0.1) is 0 Å². The smallest absolute Gasteiger partial charge is 0.0429 e. The highest BCUT2D eigenvalue weighted by Crippen LogP contribution is 2.24. The lowest BCUT2D eigenvalue weighted by molar-refractivity contribution is 0.341. The van der Waals surface area contributed by atoms with E-state index in [4.69, 9.17) is 0 Å². The first kappa shape index (κ1) is 11.0. The molecule has 0 amide bonds. The molecule has 3 nitrogen and oxygen atoms in total. The topological polar surface area (TPSA) is 18.5 Å². The van der Waals surface area contributed by atoms with E-state index in [0.717, 1.165) is 25.3 Å². The number of rotatable bonds is 2. The Bertz CT molecular complexity index is 387. The van der Waals surface area contributed by atoms with Gasteiger partial charge in [-0.05, 0) is 25.2 Å². The molecule has 1 aromatic carbocycles. The Labute approximate surface area is 97.4 Å². The molecule has 2 rings (SSSR count). The molecular formula is C13H19N3. The average Bonchev–Trinajstić information content (AvgIpc) is 2.29. The maximum Gasteiger partial charge on any atom is 0.0429 e. The van der Waals surface area contributed by atoms with Crippen LogP contribution in [0, 0.1) is 0 Å². The van der Waals surface area contributed by atoms with Crippen LogP contribution in [0.1, 0.15) is 0 Å². The molecule has 1 aliphatic rings. The Kier molecular flexibility index (Phi) is 3.15. The normalized spacial score (nSPS) is 17.6. The van der Waals surface area contributed by atoms with Gasteiger partial charge in [0, 0.05) is 43.8 Å². The molecule has 86 valence electrons. The number of nitrogens with one attached hydrogen (secondary N) is 1. The molecule has 0 aromatic heterocycles. The summed E-state index contributed by atoms with van der Waals surface area (Å²) in [6.07, 6.45) is 0. The van der Waals surface area contributed by atoms with E-state index >= 15 is 0 Å². The van der Waals surface area contributed by atoms with Gasteiger partial charge >= 0.3 is 0 Å². The van der Waals surface area contributed by atoms with Gasteiger partial charge in [-0.2, -0.15) is 0 Å².